The zero-order valence-electron chi connectivity index (χ0n) is 12.0. The number of nitriles is 1. The van der Waals surface area contributed by atoms with Gasteiger partial charge in [-0.25, -0.2) is 4.79 Å². The molecule has 1 aromatic rings. The largest absolute Gasteiger partial charge is 0.440 e. The number of nitrogens with two attached hydrogens (primary N) is 1. The van der Waals surface area contributed by atoms with Crippen LogP contribution in [-0.2, 0) is 0 Å². The first kappa shape index (κ1) is 13.7. The molecule has 2 aliphatic rings. The van der Waals surface area contributed by atoms with Crippen LogP contribution >= 0.6 is 0 Å². The van der Waals surface area contributed by atoms with Crippen LogP contribution in [0, 0.1) is 24.2 Å². The molecule has 0 unspecified atom stereocenters. The number of ether oxygens (including phenoxy) is 1. The van der Waals surface area contributed by atoms with Gasteiger partial charge in [-0.3, -0.25) is 0 Å². The highest BCUT2D eigenvalue weighted by Gasteiger charge is 2.38. The van der Waals surface area contributed by atoms with Crippen molar-refractivity contribution in [2.45, 2.75) is 44.9 Å². The number of hydrogen-bond acceptors (Lipinski definition) is 5. The first-order valence-electron chi connectivity index (χ1n) is 7.34. The fourth-order valence-electron chi connectivity index (χ4n) is 3.49. The molecule has 1 atom stereocenters. The second kappa shape index (κ2) is 5.28. The molecule has 1 aliphatic carbocycles. The Balaban J connectivity index is 2.16. The Morgan fingerprint density at radius 1 is 1.33 bits per heavy atom. The average molecular weight is 286 g/mol. The number of allylic oxidation sites excluding steroid dienone is 1. The standard InChI is InChI=1S/C16H18N2O3/c1-9-7-12-14(16(19)20-9)13(10-5-3-2-4-6-10)11(8-17)15(18)21-12/h7,10,13H,2-6,18H2,1H3/t13-/m0/s1. The summed E-state index contributed by atoms with van der Waals surface area (Å²) in [6, 6.07) is 3.81. The summed E-state index contributed by atoms with van der Waals surface area (Å²) in [4.78, 5) is 12.3. The third-order valence-corrected chi connectivity index (χ3v) is 4.42. The van der Waals surface area contributed by atoms with E-state index in [9.17, 15) is 10.1 Å². The number of rotatable bonds is 1. The Morgan fingerprint density at radius 2 is 2.05 bits per heavy atom. The fourth-order valence-corrected chi connectivity index (χ4v) is 3.49. The lowest BCUT2D eigenvalue weighted by molar-refractivity contribution is 0.289. The molecule has 3 rings (SSSR count). The van der Waals surface area contributed by atoms with Crippen molar-refractivity contribution < 1.29 is 9.15 Å². The van der Waals surface area contributed by atoms with Crippen LogP contribution in [-0.4, -0.2) is 0 Å². The molecular formula is C16H18N2O3. The quantitative estimate of drug-likeness (QED) is 0.857. The van der Waals surface area contributed by atoms with Gasteiger partial charge in [0.1, 0.15) is 17.6 Å². The molecule has 0 amide bonds. The van der Waals surface area contributed by atoms with Crippen LogP contribution in [0.5, 0.6) is 5.75 Å². The van der Waals surface area contributed by atoms with Crippen molar-refractivity contribution in [1.29, 1.82) is 5.26 Å². The Morgan fingerprint density at radius 3 is 2.71 bits per heavy atom. The van der Waals surface area contributed by atoms with Crippen LogP contribution in [0.25, 0.3) is 0 Å². The molecule has 2 heterocycles. The van der Waals surface area contributed by atoms with E-state index in [-0.39, 0.29) is 17.7 Å². The Hall–Kier alpha value is -2.22. The topological polar surface area (TPSA) is 89.2 Å². The monoisotopic (exact) mass is 286 g/mol. The van der Waals surface area contributed by atoms with Gasteiger partial charge in [-0.05, 0) is 25.7 Å². The molecule has 0 radical (unpaired) electrons. The van der Waals surface area contributed by atoms with E-state index in [2.05, 4.69) is 6.07 Å². The van der Waals surface area contributed by atoms with Crippen molar-refractivity contribution in [3.05, 3.63) is 39.3 Å². The van der Waals surface area contributed by atoms with Gasteiger partial charge in [-0.15, -0.1) is 0 Å². The van der Waals surface area contributed by atoms with Gasteiger partial charge in [0, 0.05) is 12.0 Å². The first-order chi connectivity index (χ1) is 10.1. The number of hydrogen-bond donors (Lipinski definition) is 1. The van der Waals surface area contributed by atoms with Gasteiger partial charge in [0.25, 0.3) is 0 Å². The van der Waals surface area contributed by atoms with E-state index in [1.807, 2.05) is 0 Å². The average Bonchev–Trinajstić information content (AvgIpc) is 2.46. The van der Waals surface area contributed by atoms with E-state index in [1.54, 1.807) is 13.0 Å². The summed E-state index contributed by atoms with van der Waals surface area (Å²) >= 11 is 0. The predicted octanol–water partition coefficient (Wildman–Crippen LogP) is 2.70. The van der Waals surface area contributed by atoms with Crippen LogP contribution in [0.15, 0.2) is 26.7 Å². The fraction of sp³-hybridized carbons (Fsp3) is 0.500. The number of aryl methyl sites for hydroxylation is 1. The Bertz CT molecular complexity index is 690. The SMILES string of the molecule is Cc1cc2c(c(=O)o1)[C@@H](C1CCCCC1)C(C#N)=C(N)O2. The summed E-state index contributed by atoms with van der Waals surface area (Å²) in [5, 5.41) is 9.43. The van der Waals surface area contributed by atoms with Crippen molar-refractivity contribution in [2.24, 2.45) is 11.7 Å². The maximum absolute atomic E-state index is 12.3. The summed E-state index contributed by atoms with van der Waals surface area (Å²) in [7, 11) is 0. The molecule has 110 valence electrons. The summed E-state index contributed by atoms with van der Waals surface area (Å²) in [5.74, 6) is 0.992. The summed E-state index contributed by atoms with van der Waals surface area (Å²) in [6.07, 6.45) is 5.43. The van der Waals surface area contributed by atoms with Crippen molar-refractivity contribution in [3.63, 3.8) is 0 Å². The maximum Gasteiger partial charge on any atom is 0.343 e. The van der Waals surface area contributed by atoms with E-state index < -0.39 is 5.63 Å². The molecule has 1 aliphatic heterocycles. The highest BCUT2D eigenvalue weighted by Crippen LogP contribution is 2.45. The van der Waals surface area contributed by atoms with Crippen molar-refractivity contribution >= 4 is 0 Å². The molecule has 0 spiro atoms. The van der Waals surface area contributed by atoms with Gasteiger partial charge in [-0.2, -0.15) is 5.26 Å². The Kier molecular flexibility index (Phi) is 3.46. The van der Waals surface area contributed by atoms with Gasteiger partial charge in [0.15, 0.2) is 0 Å². The summed E-state index contributed by atoms with van der Waals surface area (Å²) in [5.41, 5.74) is 6.31. The molecule has 21 heavy (non-hydrogen) atoms. The lowest BCUT2D eigenvalue weighted by Crippen LogP contribution is -2.30. The van der Waals surface area contributed by atoms with Gasteiger partial charge in [-0.1, -0.05) is 19.3 Å². The van der Waals surface area contributed by atoms with Crippen LogP contribution in [0.1, 0.15) is 49.3 Å². The minimum Gasteiger partial charge on any atom is -0.440 e. The number of fused-ring (bicyclic) bond motifs is 1. The molecule has 0 saturated heterocycles. The van der Waals surface area contributed by atoms with E-state index >= 15 is 0 Å². The van der Waals surface area contributed by atoms with Crippen LogP contribution in [0.2, 0.25) is 0 Å². The first-order valence-corrected chi connectivity index (χ1v) is 7.34. The molecule has 2 N–H and O–H groups in total. The molecule has 0 bridgehead atoms. The van der Waals surface area contributed by atoms with Crippen molar-refractivity contribution in [3.8, 4) is 11.8 Å². The van der Waals surface area contributed by atoms with Gasteiger partial charge in [0.2, 0.25) is 5.88 Å². The van der Waals surface area contributed by atoms with Crippen molar-refractivity contribution in [2.75, 3.05) is 0 Å². The third kappa shape index (κ3) is 2.31. The molecule has 5 nitrogen and oxygen atoms in total. The van der Waals surface area contributed by atoms with Gasteiger partial charge in [0.05, 0.1) is 11.1 Å². The van der Waals surface area contributed by atoms with Crippen molar-refractivity contribution in [1.82, 2.24) is 0 Å². The minimum absolute atomic E-state index is 0.116. The number of nitrogens with zero attached hydrogens (tertiary/aromatic N) is 1. The molecule has 1 fully saturated rings. The highest BCUT2D eigenvalue weighted by atomic mass is 16.5. The zero-order chi connectivity index (χ0) is 15.0. The lowest BCUT2D eigenvalue weighted by atomic mass is 9.73. The van der Waals surface area contributed by atoms with E-state index in [1.165, 1.54) is 6.42 Å². The van der Waals surface area contributed by atoms with Gasteiger partial charge >= 0.3 is 5.63 Å². The van der Waals surface area contributed by atoms with Crippen LogP contribution in [0.4, 0.5) is 0 Å². The smallest absolute Gasteiger partial charge is 0.343 e. The molecule has 0 aromatic carbocycles. The van der Waals surface area contributed by atoms with E-state index in [0.29, 0.717) is 22.6 Å². The zero-order valence-corrected chi connectivity index (χ0v) is 12.0. The summed E-state index contributed by atoms with van der Waals surface area (Å²) in [6.45, 7) is 1.69. The minimum atomic E-state index is -0.416. The van der Waals surface area contributed by atoms with E-state index in [4.69, 9.17) is 14.9 Å². The molecule has 1 saturated carbocycles. The normalized spacial score (nSPS) is 22.4. The van der Waals surface area contributed by atoms with Gasteiger partial charge < -0.3 is 14.9 Å². The van der Waals surface area contributed by atoms with Crippen LogP contribution in [0.3, 0.4) is 0 Å². The second-order valence-electron chi connectivity index (χ2n) is 5.79. The molecule has 1 aromatic heterocycles. The molecule has 5 heteroatoms. The lowest BCUT2D eigenvalue weighted by Gasteiger charge is -2.33. The maximum atomic E-state index is 12.3. The predicted molar refractivity (Wildman–Crippen MR) is 76.5 cm³/mol. The summed E-state index contributed by atoms with van der Waals surface area (Å²) < 4.78 is 10.7. The van der Waals surface area contributed by atoms with E-state index in [0.717, 1.165) is 25.7 Å². The Labute approximate surface area is 123 Å². The highest BCUT2D eigenvalue weighted by molar-refractivity contribution is 5.49. The molecular weight excluding hydrogens is 268 g/mol. The van der Waals surface area contributed by atoms with Crippen LogP contribution < -0.4 is 16.1 Å². The second-order valence-corrected chi connectivity index (χ2v) is 5.79. The third-order valence-electron chi connectivity index (χ3n) is 4.42.